The van der Waals surface area contributed by atoms with E-state index in [-0.39, 0.29) is 0 Å². The molecule has 2 fully saturated rings. The van der Waals surface area contributed by atoms with Gasteiger partial charge in [0.25, 0.3) is 0 Å². The molecular formula is C15H24NO11-. The fraction of sp³-hybridized carbons (Fsp3) is 0.867. The summed E-state index contributed by atoms with van der Waals surface area (Å²) in [5, 5.41) is 62.7. The minimum Gasteiger partial charge on any atom is -0.547 e. The molecule has 0 radical (unpaired) electrons. The van der Waals surface area contributed by atoms with Crippen LogP contribution >= 0.6 is 0 Å². The molecule has 6 N–H and O–H groups in total. The largest absolute Gasteiger partial charge is 0.547 e. The molecule has 0 saturated carbocycles. The van der Waals surface area contributed by atoms with Crippen LogP contribution in [0.3, 0.4) is 0 Å². The molecule has 2 heterocycles. The van der Waals surface area contributed by atoms with Crippen LogP contribution in [0.1, 0.15) is 13.8 Å². The molecule has 0 aromatic carbocycles. The second-order valence-corrected chi connectivity index (χ2v) is 6.65. The maximum atomic E-state index is 11.5. The third kappa shape index (κ3) is 4.55. The Morgan fingerprint density at radius 3 is 2.26 bits per heavy atom. The van der Waals surface area contributed by atoms with Crippen molar-refractivity contribution in [3.63, 3.8) is 0 Å². The quantitative estimate of drug-likeness (QED) is 0.260. The van der Waals surface area contributed by atoms with E-state index in [0.717, 1.165) is 0 Å². The summed E-state index contributed by atoms with van der Waals surface area (Å²) in [4.78, 5) is 22.8. The van der Waals surface area contributed by atoms with Gasteiger partial charge in [-0.05, 0) is 0 Å². The van der Waals surface area contributed by atoms with Crippen molar-refractivity contribution in [1.29, 1.82) is 0 Å². The number of hydrogen-bond donors (Lipinski definition) is 6. The van der Waals surface area contributed by atoms with Crippen molar-refractivity contribution in [2.45, 2.75) is 69.1 Å². The van der Waals surface area contributed by atoms with Crippen LogP contribution in [-0.4, -0.2) is 99.3 Å². The van der Waals surface area contributed by atoms with E-state index in [1.165, 1.54) is 6.92 Å². The van der Waals surface area contributed by atoms with E-state index >= 15 is 0 Å². The number of amides is 1. The Hall–Kier alpha value is -1.38. The highest BCUT2D eigenvalue weighted by Crippen LogP contribution is 2.31. The number of aliphatic carboxylic acids is 1. The molecule has 2 rings (SSSR count). The lowest BCUT2D eigenvalue weighted by Crippen LogP contribution is -2.67. The van der Waals surface area contributed by atoms with Gasteiger partial charge in [-0.3, -0.25) is 4.79 Å². The summed E-state index contributed by atoms with van der Waals surface area (Å²) >= 11 is 0. The molecular weight excluding hydrogens is 370 g/mol. The Bertz CT molecular complexity index is 546. The predicted octanol–water partition coefficient (Wildman–Crippen LogP) is -5.22. The molecule has 9 unspecified atom stereocenters. The van der Waals surface area contributed by atoms with Crippen molar-refractivity contribution in [2.75, 3.05) is 6.61 Å². The zero-order valence-corrected chi connectivity index (χ0v) is 14.7. The van der Waals surface area contributed by atoms with Crippen molar-refractivity contribution in [1.82, 2.24) is 5.32 Å². The fourth-order valence-corrected chi connectivity index (χ4v) is 3.18. The molecule has 2 aliphatic heterocycles. The molecule has 0 bridgehead atoms. The number of hydrogen-bond acceptors (Lipinski definition) is 11. The van der Waals surface area contributed by atoms with Crippen LogP contribution < -0.4 is 10.4 Å². The Morgan fingerprint density at radius 2 is 1.74 bits per heavy atom. The molecule has 0 aliphatic carbocycles. The van der Waals surface area contributed by atoms with Gasteiger partial charge in [-0.1, -0.05) is 6.92 Å². The molecule has 0 aromatic rings. The minimum atomic E-state index is -1.98. The summed E-state index contributed by atoms with van der Waals surface area (Å²) in [6.07, 6.45) is -13.1. The van der Waals surface area contributed by atoms with Crippen LogP contribution in [0.15, 0.2) is 0 Å². The van der Waals surface area contributed by atoms with Gasteiger partial charge in [-0.2, -0.15) is 0 Å². The van der Waals surface area contributed by atoms with E-state index in [1.807, 2.05) is 0 Å². The van der Waals surface area contributed by atoms with Gasteiger partial charge in [-0.15, -0.1) is 0 Å². The van der Waals surface area contributed by atoms with E-state index in [9.17, 15) is 40.2 Å². The van der Waals surface area contributed by atoms with Crippen molar-refractivity contribution in [3.05, 3.63) is 0 Å². The summed E-state index contributed by atoms with van der Waals surface area (Å²) in [7, 11) is 0. The van der Waals surface area contributed by atoms with Crippen molar-refractivity contribution >= 4 is 11.9 Å². The van der Waals surface area contributed by atoms with E-state index in [4.69, 9.17) is 14.2 Å². The summed E-state index contributed by atoms with van der Waals surface area (Å²) in [5.74, 6) is -2.99. The van der Waals surface area contributed by atoms with Crippen molar-refractivity contribution < 1.29 is 54.4 Å². The van der Waals surface area contributed by atoms with Crippen LogP contribution in [-0.2, 0) is 23.8 Å². The highest BCUT2D eigenvalue weighted by atomic mass is 16.7. The van der Waals surface area contributed by atoms with Crippen molar-refractivity contribution in [2.24, 2.45) is 5.92 Å². The summed E-state index contributed by atoms with van der Waals surface area (Å²) in [6, 6.07) is -0.973. The first kappa shape index (κ1) is 21.9. The number of ether oxygens (including phenoxy) is 3. The number of aliphatic hydroxyl groups is 5. The normalized spacial score (nSPS) is 45.3. The van der Waals surface area contributed by atoms with Gasteiger partial charge < -0.3 is 55.0 Å². The molecule has 27 heavy (non-hydrogen) atoms. The number of aliphatic hydroxyl groups excluding tert-OH is 5. The topological polar surface area (TPSA) is 198 Å². The Kier molecular flexibility index (Phi) is 7.10. The standard InChI is InChI=1S/C15H25NO11/c1-4-7(16-5(2)18)15(25-6(3-17)8(4)19)27-11-9(20)10(21)14(24)26-12(11)13(22)23/h4,6-12,14-15,17,19-21,24H,3H2,1-2H3,(H,16,18)(H,22,23)/p-1/t4-,6?,7?,8?,9?,10?,11?,12?,14?,15?/m0/s1. The lowest BCUT2D eigenvalue weighted by molar-refractivity contribution is -0.363. The number of nitrogens with one attached hydrogen (secondary N) is 1. The maximum absolute atomic E-state index is 11.5. The monoisotopic (exact) mass is 394 g/mol. The third-order valence-corrected chi connectivity index (χ3v) is 4.72. The second kappa shape index (κ2) is 8.75. The molecule has 12 heteroatoms. The number of carbonyl (C=O) groups is 2. The third-order valence-electron chi connectivity index (χ3n) is 4.72. The lowest BCUT2D eigenvalue weighted by Gasteiger charge is -2.47. The smallest absolute Gasteiger partial charge is 0.217 e. The maximum Gasteiger partial charge on any atom is 0.217 e. The van der Waals surface area contributed by atoms with Gasteiger partial charge in [0.05, 0.1) is 24.7 Å². The number of carbonyl (C=O) groups excluding carboxylic acids is 2. The zero-order chi connectivity index (χ0) is 20.5. The van der Waals surface area contributed by atoms with Crippen LogP contribution in [0.5, 0.6) is 0 Å². The molecule has 2 saturated heterocycles. The molecule has 0 spiro atoms. The number of carboxylic acid groups (broad SMARTS) is 1. The summed E-state index contributed by atoms with van der Waals surface area (Å²) < 4.78 is 15.6. The van der Waals surface area contributed by atoms with Gasteiger partial charge in [-0.25, -0.2) is 0 Å². The van der Waals surface area contributed by atoms with Gasteiger partial charge in [0, 0.05) is 12.8 Å². The van der Waals surface area contributed by atoms with Gasteiger partial charge in [0.15, 0.2) is 12.6 Å². The lowest BCUT2D eigenvalue weighted by atomic mass is 9.88. The highest BCUT2D eigenvalue weighted by molar-refractivity contribution is 5.73. The molecule has 1 amide bonds. The SMILES string of the molecule is CC(=O)NC1C(OC2C(C(=O)[O-])OC(O)C(O)C2O)OC(CO)C(O)[C@H]1C. The fourth-order valence-electron chi connectivity index (χ4n) is 3.18. The molecule has 156 valence electrons. The van der Waals surface area contributed by atoms with E-state index < -0.39 is 79.6 Å². The summed E-state index contributed by atoms with van der Waals surface area (Å²) in [5.41, 5.74) is 0. The van der Waals surface area contributed by atoms with Crippen molar-refractivity contribution in [3.8, 4) is 0 Å². The first-order chi connectivity index (χ1) is 12.6. The van der Waals surface area contributed by atoms with E-state index in [2.05, 4.69) is 5.32 Å². The first-order valence-electron chi connectivity index (χ1n) is 8.36. The molecule has 12 nitrogen and oxygen atoms in total. The minimum absolute atomic E-state index is 0.494. The Balaban J connectivity index is 2.28. The van der Waals surface area contributed by atoms with Gasteiger partial charge in [0.2, 0.25) is 5.91 Å². The number of rotatable bonds is 5. The second-order valence-electron chi connectivity index (χ2n) is 6.65. The predicted molar refractivity (Wildman–Crippen MR) is 81.3 cm³/mol. The van der Waals surface area contributed by atoms with E-state index in [0.29, 0.717) is 0 Å². The van der Waals surface area contributed by atoms with Crippen LogP contribution in [0, 0.1) is 5.92 Å². The Labute approximate surface area is 154 Å². The molecule has 2 aliphatic rings. The van der Waals surface area contributed by atoms with Gasteiger partial charge >= 0.3 is 0 Å². The number of carboxylic acids is 1. The Morgan fingerprint density at radius 1 is 1.11 bits per heavy atom. The summed E-state index contributed by atoms with van der Waals surface area (Å²) in [6.45, 7) is 2.17. The molecule has 10 atom stereocenters. The van der Waals surface area contributed by atoms with Crippen LogP contribution in [0.4, 0.5) is 0 Å². The average molecular weight is 394 g/mol. The molecule has 0 aromatic heterocycles. The zero-order valence-electron chi connectivity index (χ0n) is 14.7. The first-order valence-corrected chi connectivity index (χ1v) is 8.36. The van der Waals surface area contributed by atoms with Crippen LogP contribution in [0.2, 0.25) is 0 Å². The van der Waals surface area contributed by atoms with E-state index in [1.54, 1.807) is 6.92 Å². The average Bonchev–Trinajstić information content (AvgIpc) is 2.60. The van der Waals surface area contributed by atoms with Gasteiger partial charge in [0.1, 0.15) is 30.5 Å². The highest BCUT2D eigenvalue weighted by Gasteiger charge is 2.50. The van der Waals surface area contributed by atoms with Crippen LogP contribution in [0.25, 0.3) is 0 Å².